The molecule has 0 heterocycles. The summed E-state index contributed by atoms with van der Waals surface area (Å²) >= 11 is 3.93. The lowest BCUT2D eigenvalue weighted by molar-refractivity contribution is -0.260. The monoisotopic (exact) mass is 232 g/mol. The van der Waals surface area contributed by atoms with Gasteiger partial charge in [0.05, 0.1) is 0 Å². The lowest BCUT2D eigenvalue weighted by Gasteiger charge is -2.28. The van der Waals surface area contributed by atoms with E-state index in [1.54, 1.807) is 0 Å². The van der Waals surface area contributed by atoms with Crippen molar-refractivity contribution in [1.82, 2.24) is 0 Å². The van der Waals surface area contributed by atoms with Gasteiger partial charge in [-0.05, 0) is 18.5 Å². The van der Waals surface area contributed by atoms with Gasteiger partial charge < -0.3 is 0 Å². The third-order valence-electron chi connectivity index (χ3n) is 1.32. The van der Waals surface area contributed by atoms with Gasteiger partial charge in [0, 0.05) is 0 Å². The highest BCUT2D eigenvalue weighted by atomic mass is 35.5. The zero-order valence-corrected chi connectivity index (χ0v) is 6.86. The molecule has 0 aromatic heterocycles. The van der Waals surface area contributed by atoms with E-state index in [-0.39, 0.29) is 6.92 Å². The van der Waals surface area contributed by atoms with Crippen LogP contribution >= 0.6 is 11.6 Å². The molecule has 0 saturated heterocycles. The van der Waals surface area contributed by atoms with Crippen LogP contribution < -0.4 is 0 Å². The van der Waals surface area contributed by atoms with Gasteiger partial charge in [-0.1, -0.05) is 0 Å². The zero-order valence-electron chi connectivity index (χ0n) is 6.10. The maximum absolute atomic E-state index is 12.4. The number of rotatable bonds is 2. The van der Waals surface area contributed by atoms with Crippen molar-refractivity contribution in [3.63, 3.8) is 0 Å². The Labute approximate surface area is 73.7 Å². The highest BCUT2D eigenvalue weighted by Gasteiger charge is 2.65. The minimum atomic E-state index is -5.73. The fourth-order valence-corrected chi connectivity index (χ4v) is 0.656. The largest absolute Gasteiger partial charge is 0.425 e. The van der Waals surface area contributed by atoms with E-state index in [1.165, 1.54) is 0 Å². The summed E-state index contributed by atoms with van der Waals surface area (Å²) in [5, 5.41) is -4.89. The van der Waals surface area contributed by atoms with Crippen molar-refractivity contribution in [3.8, 4) is 0 Å². The molecular weight excluding hydrogens is 228 g/mol. The molecular formula is C5H4ClF7. The molecule has 0 aromatic rings. The summed E-state index contributed by atoms with van der Waals surface area (Å²) in [5.74, 6) is 0. The van der Waals surface area contributed by atoms with Crippen molar-refractivity contribution in [2.45, 2.75) is 30.3 Å². The van der Waals surface area contributed by atoms with Crippen LogP contribution in [0.25, 0.3) is 0 Å². The van der Waals surface area contributed by atoms with Crippen molar-refractivity contribution < 1.29 is 30.7 Å². The molecule has 0 aliphatic carbocycles. The Bertz CT molecular complexity index is 178. The lowest BCUT2D eigenvalue weighted by Crippen LogP contribution is -2.52. The number of halogens is 8. The Kier molecular flexibility index (Phi) is 3.13. The number of hydrogen-bond donors (Lipinski definition) is 0. The van der Waals surface area contributed by atoms with Gasteiger partial charge >= 0.3 is 11.6 Å². The fourth-order valence-electron chi connectivity index (χ4n) is 0.451. The maximum atomic E-state index is 12.4. The summed E-state index contributed by atoms with van der Waals surface area (Å²) in [6.07, 6.45) is -9.87. The third-order valence-corrected chi connectivity index (χ3v) is 1.51. The summed E-state index contributed by atoms with van der Waals surface area (Å²) in [7, 11) is 0. The van der Waals surface area contributed by atoms with Crippen molar-refractivity contribution in [2.75, 3.05) is 0 Å². The number of hydrogen-bond acceptors (Lipinski definition) is 0. The Hall–Kier alpha value is -0.200. The molecule has 0 aliphatic heterocycles. The maximum Gasteiger partial charge on any atom is 0.425 e. The van der Waals surface area contributed by atoms with Crippen molar-refractivity contribution >= 4 is 11.6 Å². The Morgan fingerprint density at radius 2 is 1.31 bits per heavy atom. The normalized spacial score (nSPS) is 21.0. The van der Waals surface area contributed by atoms with Gasteiger partial charge in [0.1, 0.15) is 0 Å². The molecule has 13 heavy (non-hydrogen) atoms. The van der Waals surface area contributed by atoms with Crippen LogP contribution in [0.15, 0.2) is 0 Å². The molecule has 0 rings (SSSR count). The molecule has 0 radical (unpaired) electrons. The van der Waals surface area contributed by atoms with Crippen molar-refractivity contribution in [3.05, 3.63) is 0 Å². The minimum absolute atomic E-state index is 0.339. The molecule has 2 atom stereocenters. The Morgan fingerprint density at radius 1 is 1.00 bits per heavy atom. The predicted octanol–water partition coefficient (Wildman–Crippen LogP) is 3.45. The molecule has 0 spiro atoms. The zero-order chi connectivity index (χ0) is 11.1. The quantitative estimate of drug-likeness (QED) is 0.505. The summed E-state index contributed by atoms with van der Waals surface area (Å²) in [6.45, 7) is -0.339. The minimum Gasteiger partial charge on any atom is -0.235 e. The summed E-state index contributed by atoms with van der Waals surface area (Å²) in [6, 6.07) is 0. The van der Waals surface area contributed by atoms with Crippen LogP contribution in [0, 0.1) is 0 Å². The van der Waals surface area contributed by atoms with Crippen LogP contribution in [-0.4, -0.2) is 23.4 Å². The van der Waals surface area contributed by atoms with E-state index in [2.05, 4.69) is 11.6 Å². The highest BCUT2D eigenvalue weighted by molar-refractivity contribution is 6.22. The molecule has 0 saturated carbocycles. The summed E-state index contributed by atoms with van der Waals surface area (Å²) < 4.78 is 83.0. The second kappa shape index (κ2) is 3.18. The molecule has 0 amide bonds. The lowest BCUT2D eigenvalue weighted by atomic mass is 10.0. The first-order chi connectivity index (χ1) is 5.40. The van der Waals surface area contributed by atoms with Gasteiger partial charge in [-0.25, -0.2) is 8.78 Å². The third kappa shape index (κ3) is 2.62. The summed E-state index contributed by atoms with van der Waals surface area (Å²) in [4.78, 5) is 0. The molecule has 8 heteroatoms. The van der Waals surface area contributed by atoms with E-state index in [0.29, 0.717) is 0 Å². The van der Waals surface area contributed by atoms with Gasteiger partial charge in [-0.3, -0.25) is 0 Å². The molecule has 0 N–H and O–H groups in total. The van der Waals surface area contributed by atoms with E-state index in [9.17, 15) is 30.7 Å². The van der Waals surface area contributed by atoms with Gasteiger partial charge in [0.2, 0.25) is 11.8 Å². The first-order valence-electron chi connectivity index (χ1n) is 2.87. The van der Waals surface area contributed by atoms with Gasteiger partial charge in [-0.15, -0.1) is 0 Å². The van der Waals surface area contributed by atoms with Crippen LogP contribution in [0.4, 0.5) is 30.7 Å². The van der Waals surface area contributed by atoms with E-state index >= 15 is 0 Å². The van der Waals surface area contributed by atoms with Crippen LogP contribution in [-0.2, 0) is 0 Å². The van der Waals surface area contributed by atoms with Crippen LogP contribution in [0.1, 0.15) is 6.92 Å². The molecule has 0 nitrogen and oxygen atoms in total. The average Bonchev–Trinajstić information content (AvgIpc) is 1.81. The molecule has 80 valence electrons. The van der Waals surface area contributed by atoms with E-state index in [0.717, 1.165) is 0 Å². The molecule has 2 unspecified atom stereocenters. The van der Waals surface area contributed by atoms with Gasteiger partial charge in [0.15, 0.2) is 0 Å². The standard InChI is InChI=1S/C5H4ClF7/c1-3(8,5(11,12)13)2(7)4(6,9)10/h2H,1H3. The van der Waals surface area contributed by atoms with Crippen molar-refractivity contribution in [1.29, 1.82) is 0 Å². The Balaban J connectivity index is 4.86. The van der Waals surface area contributed by atoms with E-state index in [4.69, 9.17) is 0 Å². The highest BCUT2D eigenvalue weighted by Crippen LogP contribution is 2.44. The molecule has 0 fully saturated rings. The van der Waals surface area contributed by atoms with Crippen LogP contribution in [0.2, 0.25) is 0 Å². The second-order valence-corrected chi connectivity index (χ2v) is 2.98. The first-order valence-corrected chi connectivity index (χ1v) is 3.25. The first kappa shape index (κ1) is 12.8. The summed E-state index contributed by atoms with van der Waals surface area (Å²) in [5.41, 5.74) is -4.67. The van der Waals surface area contributed by atoms with Gasteiger partial charge in [0.25, 0.3) is 0 Å². The SMILES string of the molecule is CC(F)(C(F)C(F)(F)Cl)C(F)(F)F. The van der Waals surface area contributed by atoms with Crippen LogP contribution in [0.5, 0.6) is 0 Å². The van der Waals surface area contributed by atoms with E-state index in [1.807, 2.05) is 0 Å². The smallest absolute Gasteiger partial charge is 0.235 e. The van der Waals surface area contributed by atoms with Gasteiger partial charge in [-0.2, -0.15) is 22.0 Å². The molecule has 0 bridgehead atoms. The predicted molar refractivity (Wildman–Crippen MR) is 31.3 cm³/mol. The van der Waals surface area contributed by atoms with E-state index < -0.39 is 23.4 Å². The second-order valence-electron chi connectivity index (χ2n) is 2.48. The van der Waals surface area contributed by atoms with Crippen molar-refractivity contribution in [2.24, 2.45) is 0 Å². The molecule has 0 aliphatic rings. The average molecular weight is 233 g/mol. The van der Waals surface area contributed by atoms with Crippen LogP contribution in [0.3, 0.4) is 0 Å². The number of alkyl halides is 8. The topological polar surface area (TPSA) is 0 Å². The Morgan fingerprint density at radius 3 is 1.38 bits per heavy atom. The molecule has 0 aromatic carbocycles. The fraction of sp³-hybridized carbons (Fsp3) is 1.00.